The molecular formula is C22H34N4O2S+2. The number of hydrogen-bond donors (Lipinski definition) is 4. The Morgan fingerprint density at radius 1 is 1.00 bits per heavy atom. The van der Waals surface area contributed by atoms with E-state index in [9.17, 15) is 9.59 Å². The molecule has 29 heavy (non-hydrogen) atoms. The van der Waals surface area contributed by atoms with Crippen molar-refractivity contribution in [2.75, 3.05) is 32.7 Å². The standard InChI is InChI=1S/C22H32N4O2S/c27-20(15-26-5-3-25(4-6-26)14-19-2-1-7-29-19)23-21(28)24-22-11-16-8-17(12-22)10-18(9-16)13-22/h1-2,7,16-18H,3-6,8-15H2,(H2,23,24,27,28)/p+2. The smallest absolute Gasteiger partial charge is 0.322 e. The lowest BCUT2D eigenvalue weighted by Gasteiger charge is -2.56. The topological polar surface area (TPSA) is 67.1 Å². The van der Waals surface area contributed by atoms with E-state index in [1.54, 1.807) is 4.90 Å². The first-order valence-corrected chi connectivity index (χ1v) is 12.2. The highest BCUT2D eigenvalue weighted by Crippen LogP contribution is 2.55. The number of amides is 3. The maximum Gasteiger partial charge on any atom is 0.322 e. The molecule has 0 aromatic carbocycles. The maximum absolute atomic E-state index is 12.6. The Balaban J connectivity index is 1.05. The summed E-state index contributed by atoms with van der Waals surface area (Å²) in [7, 11) is 0. The van der Waals surface area contributed by atoms with Crippen molar-refractivity contribution in [3.05, 3.63) is 22.4 Å². The van der Waals surface area contributed by atoms with Gasteiger partial charge in [0.25, 0.3) is 5.91 Å². The number of rotatable bonds is 5. The van der Waals surface area contributed by atoms with Crippen LogP contribution in [0.2, 0.25) is 0 Å². The lowest BCUT2D eigenvalue weighted by atomic mass is 9.53. The number of urea groups is 1. The molecule has 1 aliphatic heterocycles. The molecule has 4 bridgehead atoms. The minimum absolute atomic E-state index is 0.0389. The van der Waals surface area contributed by atoms with E-state index >= 15 is 0 Å². The lowest BCUT2D eigenvalue weighted by molar-refractivity contribution is -1.01. The van der Waals surface area contributed by atoms with Crippen molar-refractivity contribution >= 4 is 23.3 Å². The molecule has 6 rings (SSSR count). The van der Waals surface area contributed by atoms with Gasteiger partial charge in [0.15, 0.2) is 6.54 Å². The molecule has 6 nitrogen and oxygen atoms in total. The van der Waals surface area contributed by atoms with Crippen LogP contribution in [0.5, 0.6) is 0 Å². The first-order valence-electron chi connectivity index (χ1n) is 11.4. The molecule has 4 N–H and O–H groups in total. The Labute approximate surface area is 177 Å². The van der Waals surface area contributed by atoms with Gasteiger partial charge in [0.2, 0.25) is 0 Å². The molecule has 5 aliphatic rings. The van der Waals surface area contributed by atoms with Crippen molar-refractivity contribution < 1.29 is 19.4 Å². The van der Waals surface area contributed by atoms with Crippen LogP contribution in [-0.4, -0.2) is 50.2 Å². The van der Waals surface area contributed by atoms with E-state index in [1.807, 2.05) is 11.3 Å². The van der Waals surface area contributed by atoms with Gasteiger partial charge in [-0.3, -0.25) is 10.1 Å². The van der Waals surface area contributed by atoms with Gasteiger partial charge in [-0.05, 0) is 67.7 Å². The molecule has 1 saturated heterocycles. The first-order chi connectivity index (χ1) is 14.1. The van der Waals surface area contributed by atoms with Gasteiger partial charge in [0.05, 0.1) is 4.88 Å². The van der Waals surface area contributed by atoms with Crippen LogP contribution in [0.15, 0.2) is 17.5 Å². The quantitative estimate of drug-likeness (QED) is 0.536. The third-order valence-electron chi connectivity index (χ3n) is 7.75. The molecule has 0 radical (unpaired) electrons. The summed E-state index contributed by atoms with van der Waals surface area (Å²) >= 11 is 1.82. The fourth-order valence-electron chi connectivity index (χ4n) is 6.90. The summed E-state index contributed by atoms with van der Waals surface area (Å²) in [5, 5.41) is 8.01. The van der Waals surface area contributed by atoms with Crippen LogP contribution in [0.4, 0.5) is 4.79 Å². The van der Waals surface area contributed by atoms with E-state index in [-0.39, 0.29) is 17.5 Å². The van der Waals surface area contributed by atoms with E-state index < -0.39 is 0 Å². The highest BCUT2D eigenvalue weighted by atomic mass is 32.1. The number of piperazine rings is 1. The number of quaternary nitrogens is 2. The molecule has 3 amide bonds. The Kier molecular flexibility index (Phi) is 5.39. The Morgan fingerprint density at radius 3 is 2.21 bits per heavy atom. The van der Waals surface area contributed by atoms with Crippen molar-refractivity contribution in [2.24, 2.45) is 17.8 Å². The van der Waals surface area contributed by atoms with E-state index in [0.29, 0.717) is 6.54 Å². The van der Waals surface area contributed by atoms with Crippen LogP contribution < -0.4 is 20.4 Å². The van der Waals surface area contributed by atoms with Gasteiger partial charge >= 0.3 is 6.03 Å². The molecule has 4 aliphatic carbocycles. The van der Waals surface area contributed by atoms with Crippen LogP contribution in [0, 0.1) is 17.8 Å². The molecule has 7 heteroatoms. The molecule has 2 heterocycles. The Morgan fingerprint density at radius 2 is 1.62 bits per heavy atom. The van der Waals surface area contributed by atoms with Crippen LogP contribution in [0.3, 0.4) is 0 Å². The third kappa shape index (κ3) is 4.52. The minimum atomic E-state index is -0.265. The predicted octanol–water partition coefficient (Wildman–Crippen LogP) is -0.174. The summed E-state index contributed by atoms with van der Waals surface area (Å²) in [5.41, 5.74) is -0.0389. The zero-order chi connectivity index (χ0) is 19.8. The van der Waals surface area contributed by atoms with Gasteiger partial charge in [-0.2, -0.15) is 0 Å². The predicted molar refractivity (Wildman–Crippen MR) is 112 cm³/mol. The zero-order valence-electron chi connectivity index (χ0n) is 17.2. The number of carbonyl (C=O) groups is 2. The van der Waals surface area contributed by atoms with Crippen molar-refractivity contribution in [3.8, 4) is 0 Å². The molecule has 5 fully saturated rings. The summed E-state index contributed by atoms with van der Waals surface area (Å²) in [6.07, 6.45) is 7.39. The van der Waals surface area contributed by atoms with Crippen LogP contribution in [0.1, 0.15) is 43.4 Å². The van der Waals surface area contributed by atoms with Crippen LogP contribution in [0.25, 0.3) is 0 Å². The normalized spacial score (nSPS) is 38.0. The minimum Gasteiger partial charge on any atom is -0.332 e. The van der Waals surface area contributed by atoms with E-state index in [1.165, 1.54) is 29.0 Å². The Hall–Kier alpha value is -1.44. The van der Waals surface area contributed by atoms with Crippen LogP contribution >= 0.6 is 11.3 Å². The second kappa shape index (κ2) is 8.00. The van der Waals surface area contributed by atoms with Gasteiger partial charge in [-0.25, -0.2) is 4.79 Å². The SMILES string of the molecule is O=C(C[NH+]1CC[NH+](Cc2cccs2)CC1)NC(=O)NC12CC3CC(CC(C3)C1)C2. The Bertz CT molecular complexity index is 707. The van der Waals surface area contributed by atoms with Gasteiger partial charge in [-0.1, -0.05) is 6.07 Å². The first kappa shape index (κ1) is 19.5. The number of hydrogen-bond acceptors (Lipinski definition) is 3. The second-order valence-electron chi connectivity index (χ2n) is 10.1. The van der Waals surface area contributed by atoms with Crippen molar-refractivity contribution in [1.29, 1.82) is 0 Å². The summed E-state index contributed by atoms with van der Waals surface area (Å²) in [6, 6.07) is 4.05. The van der Waals surface area contributed by atoms with Gasteiger partial charge < -0.3 is 15.1 Å². The fourth-order valence-corrected chi connectivity index (χ4v) is 7.68. The van der Waals surface area contributed by atoms with Crippen molar-refractivity contribution in [3.63, 3.8) is 0 Å². The van der Waals surface area contributed by atoms with E-state index in [0.717, 1.165) is 69.7 Å². The molecule has 0 atom stereocenters. The molecule has 0 unspecified atom stereocenters. The fraction of sp³-hybridized carbons (Fsp3) is 0.727. The third-order valence-corrected chi connectivity index (χ3v) is 8.63. The van der Waals surface area contributed by atoms with E-state index in [2.05, 4.69) is 28.1 Å². The summed E-state index contributed by atoms with van der Waals surface area (Å²) in [4.78, 5) is 29.3. The number of imide groups is 1. The average molecular weight is 419 g/mol. The molecule has 158 valence electrons. The molecule has 4 saturated carbocycles. The van der Waals surface area contributed by atoms with Gasteiger partial charge in [0.1, 0.15) is 32.7 Å². The van der Waals surface area contributed by atoms with Crippen molar-refractivity contribution in [2.45, 2.75) is 50.6 Å². The second-order valence-corrected chi connectivity index (χ2v) is 11.2. The van der Waals surface area contributed by atoms with Gasteiger partial charge in [-0.15, -0.1) is 11.3 Å². The molecule has 0 spiro atoms. The maximum atomic E-state index is 12.6. The van der Waals surface area contributed by atoms with E-state index in [4.69, 9.17) is 0 Å². The summed E-state index contributed by atoms with van der Waals surface area (Å²) < 4.78 is 0. The monoisotopic (exact) mass is 418 g/mol. The molecular weight excluding hydrogens is 384 g/mol. The number of carbonyl (C=O) groups excluding carboxylic acids is 2. The zero-order valence-corrected chi connectivity index (χ0v) is 18.0. The van der Waals surface area contributed by atoms with Crippen LogP contribution in [-0.2, 0) is 11.3 Å². The van der Waals surface area contributed by atoms with Gasteiger partial charge in [0, 0.05) is 5.54 Å². The lowest BCUT2D eigenvalue weighted by Crippen LogP contribution is -3.28. The molecule has 1 aromatic rings. The highest BCUT2D eigenvalue weighted by molar-refractivity contribution is 7.09. The summed E-state index contributed by atoms with van der Waals surface area (Å²) in [6.45, 7) is 5.64. The number of nitrogens with one attached hydrogen (secondary N) is 4. The largest absolute Gasteiger partial charge is 0.332 e. The summed E-state index contributed by atoms with van der Waals surface area (Å²) in [5.74, 6) is 2.22. The van der Waals surface area contributed by atoms with Crippen molar-refractivity contribution in [1.82, 2.24) is 10.6 Å². The average Bonchev–Trinajstić information content (AvgIpc) is 3.14. The highest BCUT2D eigenvalue weighted by Gasteiger charge is 2.51. The number of thiophene rings is 1. The molecule has 1 aromatic heterocycles.